The Hall–Kier alpha value is -1.48. The molecule has 0 atom stereocenters. The molecule has 0 heterocycles. The van der Waals surface area contributed by atoms with Crippen LogP contribution in [0.15, 0.2) is 0 Å². The van der Waals surface area contributed by atoms with E-state index in [1.807, 2.05) is 0 Å². The molecule has 148 valence electrons. The predicted molar refractivity (Wildman–Crippen MR) is 79.7 cm³/mol. The number of carboxylic acids is 4. The van der Waals surface area contributed by atoms with E-state index in [2.05, 4.69) is 0 Å². The van der Waals surface area contributed by atoms with E-state index in [9.17, 15) is 39.6 Å². The molecule has 0 saturated carbocycles. The van der Waals surface area contributed by atoms with E-state index in [4.69, 9.17) is 0 Å². The van der Waals surface area contributed by atoms with Crippen LogP contribution in [0.2, 0.25) is 0 Å². The molecule has 0 aliphatic rings. The normalized spacial score (nSPS) is 7.84. The second kappa shape index (κ2) is 30.4. The topological polar surface area (TPSA) is 161 Å². The maximum atomic E-state index is 9.49. The van der Waals surface area contributed by atoms with Gasteiger partial charge < -0.3 is 39.6 Å². The fraction of sp³-hybridized carbons (Fsp3) is 0.750. The minimum absolute atomic E-state index is 0. The summed E-state index contributed by atoms with van der Waals surface area (Å²) in [5, 5.41) is 38.0. The molecule has 25 heavy (non-hydrogen) atoms. The number of carbonyl (C=O) groups excluding carboxylic acids is 4. The standard InChI is InChI=1S/4C4H8O2.Os/c4*1-2-3-4(5)6;/h4*2-3H2,1H3,(H,5,6);/q;;;;+4/p-4. The molecule has 0 radical (unpaired) electrons. The van der Waals surface area contributed by atoms with Crippen molar-refractivity contribution >= 4 is 23.9 Å². The molecular formula is C16H28O8Os. The molecule has 0 bridgehead atoms. The summed E-state index contributed by atoms with van der Waals surface area (Å²) >= 11 is 0. The van der Waals surface area contributed by atoms with Crippen molar-refractivity contribution in [2.24, 2.45) is 0 Å². The molecule has 8 nitrogen and oxygen atoms in total. The second-order valence-corrected chi connectivity index (χ2v) is 4.49. The Morgan fingerprint density at radius 3 is 0.600 bits per heavy atom. The van der Waals surface area contributed by atoms with E-state index in [0.29, 0.717) is 25.7 Å². The molecule has 0 N–H and O–H groups in total. The Kier molecular flexibility index (Phi) is 42.3. The molecule has 0 fully saturated rings. The van der Waals surface area contributed by atoms with Crippen LogP contribution in [0.25, 0.3) is 0 Å². The molecule has 0 aromatic carbocycles. The third-order valence-corrected chi connectivity index (χ3v) is 1.82. The zero-order valence-corrected chi connectivity index (χ0v) is 17.8. The first kappa shape index (κ1) is 34.8. The van der Waals surface area contributed by atoms with Gasteiger partial charge in [0.15, 0.2) is 0 Å². The number of carboxylic acid groups (broad SMARTS) is 4. The van der Waals surface area contributed by atoms with Gasteiger partial charge in [-0.25, -0.2) is 0 Å². The Bertz CT molecular complexity index is 268. The van der Waals surface area contributed by atoms with Crippen LogP contribution < -0.4 is 20.4 Å². The summed E-state index contributed by atoms with van der Waals surface area (Å²) in [6, 6.07) is 0. The average molecular weight is 539 g/mol. The quantitative estimate of drug-likeness (QED) is 0.348. The smallest absolute Gasteiger partial charge is 0.550 e. The molecule has 0 aliphatic heterocycles. The van der Waals surface area contributed by atoms with Gasteiger partial charge in [-0.05, 0) is 25.7 Å². The van der Waals surface area contributed by atoms with Crippen LogP contribution in [0.3, 0.4) is 0 Å². The van der Waals surface area contributed by atoms with E-state index in [-0.39, 0.29) is 45.5 Å². The Balaban J connectivity index is -0.0000000702. The summed E-state index contributed by atoms with van der Waals surface area (Å²) in [5.41, 5.74) is 0. The first-order valence-electron chi connectivity index (χ1n) is 7.88. The van der Waals surface area contributed by atoms with Crippen LogP contribution in [-0.2, 0) is 39.0 Å². The van der Waals surface area contributed by atoms with Crippen molar-refractivity contribution in [3.8, 4) is 0 Å². The average Bonchev–Trinajstić information content (AvgIpc) is 2.39. The third kappa shape index (κ3) is 85.7. The monoisotopic (exact) mass is 540 g/mol. The van der Waals surface area contributed by atoms with Crippen molar-refractivity contribution in [3.63, 3.8) is 0 Å². The summed E-state index contributed by atoms with van der Waals surface area (Å²) in [5.74, 6) is -3.84. The van der Waals surface area contributed by atoms with Gasteiger partial charge in [-0.1, -0.05) is 53.4 Å². The van der Waals surface area contributed by atoms with Gasteiger partial charge in [0.1, 0.15) is 0 Å². The molecule has 0 aromatic heterocycles. The van der Waals surface area contributed by atoms with Crippen LogP contribution in [0, 0.1) is 0 Å². The van der Waals surface area contributed by atoms with Crippen molar-refractivity contribution in [1.82, 2.24) is 0 Å². The van der Waals surface area contributed by atoms with Gasteiger partial charge in [-0.2, -0.15) is 0 Å². The fourth-order valence-corrected chi connectivity index (χ4v) is 0.816. The molecule has 0 aromatic rings. The van der Waals surface area contributed by atoms with E-state index in [1.165, 1.54) is 0 Å². The first-order valence-corrected chi connectivity index (χ1v) is 7.88. The van der Waals surface area contributed by atoms with Crippen molar-refractivity contribution in [2.75, 3.05) is 0 Å². The SMILES string of the molecule is CCCC(=O)[O-].CCCC(=O)[O-].CCCC(=O)[O-].CCCC(=O)[O-].[Os+4]. The van der Waals surface area contributed by atoms with Crippen LogP contribution in [-0.4, -0.2) is 23.9 Å². The zero-order valence-electron chi connectivity index (χ0n) is 15.3. The number of aliphatic carboxylic acids is 4. The number of carbonyl (C=O) groups is 4. The summed E-state index contributed by atoms with van der Waals surface area (Å²) < 4.78 is 0. The number of hydrogen-bond acceptors (Lipinski definition) is 8. The van der Waals surface area contributed by atoms with Crippen LogP contribution in [0.4, 0.5) is 0 Å². The van der Waals surface area contributed by atoms with Gasteiger partial charge in [-0.3, -0.25) is 0 Å². The molecule has 0 saturated heterocycles. The van der Waals surface area contributed by atoms with Crippen LogP contribution >= 0.6 is 0 Å². The van der Waals surface area contributed by atoms with Crippen LogP contribution in [0.1, 0.15) is 79.1 Å². The molecule has 0 rings (SSSR count). The Labute approximate surface area is 162 Å². The summed E-state index contributed by atoms with van der Waals surface area (Å²) in [7, 11) is 0. The van der Waals surface area contributed by atoms with Crippen LogP contribution in [0.5, 0.6) is 0 Å². The third-order valence-electron chi connectivity index (χ3n) is 1.82. The minimum Gasteiger partial charge on any atom is -0.550 e. The number of hydrogen-bond donors (Lipinski definition) is 0. The van der Waals surface area contributed by atoms with Crippen molar-refractivity contribution in [1.29, 1.82) is 0 Å². The molecule has 0 aliphatic carbocycles. The predicted octanol–water partition coefficient (Wildman–Crippen LogP) is -1.86. The largest absolute Gasteiger partial charge is 4.00 e. The zero-order chi connectivity index (χ0) is 20.0. The van der Waals surface area contributed by atoms with Gasteiger partial charge in [0.25, 0.3) is 0 Å². The molecule has 9 heteroatoms. The number of rotatable bonds is 8. The van der Waals surface area contributed by atoms with Gasteiger partial charge in [0.2, 0.25) is 0 Å². The molecule has 0 spiro atoms. The molecule has 0 unspecified atom stereocenters. The fourth-order valence-electron chi connectivity index (χ4n) is 0.816. The van der Waals surface area contributed by atoms with Crippen molar-refractivity contribution in [3.05, 3.63) is 0 Å². The Morgan fingerprint density at radius 1 is 0.480 bits per heavy atom. The van der Waals surface area contributed by atoms with E-state index < -0.39 is 23.9 Å². The molecule has 0 amide bonds. The minimum atomic E-state index is -0.961. The van der Waals surface area contributed by atoms with Crippen molar-refractivity contribution < 1.29 is 59.4 Å². The molecular weight excluding hydrogens is 510 g/mol. The van der Waals surface area contributed by atoms with Crippen molar-refractivity contribution in [2.45, 2.75) is 79.1 Å². The van der Waals surface area contributed by atoms with Gasteiger partial charge >= 0.3 is 19.8 Å². The second-order valence-electron chi connectivity index (χ2n) is 4.49. The van der Waals surface area contributed by atoms with Gasteiger partial charge in [-0.15, -0.1) is 0 Å². The van der Waals surface area contributed by atoms with E-state index in [0.717, 1.165) is 0 Å². The summed E-state index contributed by atoms with van der Waals surface area (Å²) in [4.78, 5) is 38.0. The van der Waals surface area contributed by atoms with E-state index in [1.54, 1.807) is 27.7 Å². The first-order chi connectivity index (χ1) is 11.1. The van der Waals surface area contributed by atoms with Gasteiger partial charge in [0.05, 0.1) is 0 Å². The maximum absolute atomic E-state index is 9.49. The maximum Gasteiger partial charge on any atom is 4.00 e. The van der Waals surface area contributed by atoms with Gasteiger partial charge in [0, 0.05) is 23.9 Å². The summed E-state index contributed by atoms with van der Waals surface area (Å²) in [6.45, 7) is 7.21. The summed E-state index contributed by atoms with van der Waals surface area (Å²) in [6.07, 6.45) is 3.40. The Morgan fingerprint density at radius 2 is 0.600 bits per heavy atom. The van der Waals surface area contributed by atoms with E-state index >= 15 is 0 Å².